The molecule has 44 heavy (non-hydrogen) atoms. The van der Waals surface area contributed by atoms with Crippen LogP contribution in [-0.2, 0) is 29.1 Å². The molecule has 0 aliphatic heterocycles. The summed E-state index contributed by atoms with van der Waals surface area (Å²) in [5.74, 6) is -0.751. The second-order valence-electron chi connectivity index (χ2n) is 14.2. The first kappa shape index (κ1) is 35.4. The van der Waals surface area contributed by atoms with Gasteiger partial charge in [-0.2, -0.15) is 0 Å². The van der Waals surface area contributed by atoms with E-state index in [1.165, 1.54) is 24.3 Å². The summed E-state index contributed by atoms with van der Waals surface area (Å²) >= 11 is 0. The SMILES string of the molecule is CC1(C)CC(NC(=O)OC(C)(C)CS(=O)(=O)c2ccccc2)CC(C)(CNC(=O)OC(C)(C)CS(=O)(=O)c2ccccc2)C1. The van der Waals surface area contributed by atoms with Crippen molar-refractivity contribution < 1.29 is 35.9 Å². The number of hydrogen-bond donors (Lipinski definition) is 2. The van der Waals surface area contributed by atoms with E-state index in [0.717, 1.165) is 6.42 Å². The zero-order valence-corrected chi connectivity index (χ0v) is 28.3. The van der Waals surface area contributed by atoms with E-state index in [-0.39, 0.29) is 39.3 Å². The van der Waals surface area contributed by atoms with E-state index >= 15 is 0 Å². The molecule has 0 heterocycles. The lowest BCUT2D eigenvalue weighted by Gasteiger charge is -2.47. The zero-order chi connectivity index (χ0) is 33.0. The van der Waals surface area contributed by atoms with Gasteiger partial charge in [0.1, 0.15) is 11.2 Å². The van der Waals surface area contributed by atoms with Gasteiger partial charge in [0.15, 0.2) is 19.7 Å². The third-order valence-corrected chi connectivity index (χ3v) is 11.6. The summed E-state index contributed by atoms with van der Waals surface area (Å²) in [5.41, 5.74) is -3.17. The van der Waals surface area contributed by atoms with Crippen LogP contribution in [0, 0.1) is 10.8 Å². The van der Waals surface area contributed by atoms with Crippen LogP contribution in [0.2, 0.25) is 0 Å². The van der Waals surface area contributed by atoms with Gasteiger partial charge in [0, 0.05) is 12.6 Å². The highest BCUT2D eigenvalue weighted by Crippen LogP contribution is 2.46. The van der Waals surface area contributed by atoms with Crippen molar-refractivity contribution in [2.24, 2.45) is 10.8 Å². The van der Waals surface area contributed by atoms with Crippen molar-refractivity contribution in [1.29, 1.82) is 0 Å². The molecule has 12 heteroatoms. The van der Waals surface area contributed by atoms with Gasteiger partial charge in [-0.05, 0) is 82.1 Å². The van der Waals surface area contributed by atoms with Gasteiger partial charge in [-0.15, -0.1) is 0 Å². The van der Waals surface area contributed by atoms with E-state index in [2.05, 4.69) is 24.5 Å². The van der Waals surface area contributed by atoms with Gasteiger partial charge in [-0.3, -0.25) is 0 Å². The van der Waals surface area contributed by atoms with Crippen LogP contribution in [0.3, 0.4) is 0 Å². The zero-order valence-electron chi connectivity index (χ0n) is 26.7. The van der Waals surface area contributed by atoms with Crippen LogP contribution in [0.4, 0.5) is 9.59 Å². The fourth-order valence-electron chi connectivity index (χ4n) is 6.29. The van der Waals surface area contributed by atoms with Crippen molar-refractivity contribution in [1.82, 2.24) is 10.6 Å². The largest absolute Gasteiger partial charge is 0.442 e. The van der Waals surface area contributed by atoms with E-state index in [9.17, 15) is 26.4 Å². The minimum absolute atomic E-state index is 0.160. The van der Waals surface area contributed by atoms with Crippen molar-refractivity contribution in [2.45, 2.75) is 94.8 Å². The third kappa shape index (κ3) is 10.5. The number of benzene rings is 2. The Morgan fingerprint density at radius 1 is 0.750 bits per heavy atom. The highest BCUT2D eigenvalue weighted by atomic mass is 32.2. The molecule has 2 N–H and O–H groups in total. The van der Waals surface area contributed by atoms with E-state index in [4.69, 9.17) is 9.47 Å². The Morgan fingerprint density at radius 2 is 1.18 bits per heavy atom. The lowest BCUT2D eigenvalue weighted by Crippen LogP contribution is -2.52. The number of hydrogen-bond acceptors (Lipinski definition) is 8. The molecule has 0 aromatic heterocycles. The molecule has 1 aliphatic rings. The van der Waals surface area contributed by atoms with Crippen LogP contribution < -0.4 is 10.6 Å². The fourth-order valence-corrected chi connectivity index (χ4v) is 9.71. The molecule has 10 nitrogen and oxygen atoms in total. The average molecular weight is 651 g/mol. The van der Waals surface area contributed by atoms with Crippen molar-refractivity contribution >= 4 is 31.9 Å². The van der Waals surface area contributed by atoms with Crippen molar-refractivity contribution in [2.75, 3.05) is 18.1 Å². The number of carbonyl (C=O) groups is 2. The Hall–Kier alpha value is -3.12. The monoisotopic (exact) mass is 650 g/mol. The van der Waals surface area contributed by atoms with Gasteiger partial charge in [-0.1, -0.05) is 57.2 Å². The first-order valence-electron chi connectivity index (χ1n) is 14.6. The number of carbonyl (C=O) groups excluding carboxylic acids is 2. The van der Waals surface area contributed by atoms with Gasteiger partial charge in [0.05, 0.1) is 21.3 Å². The maximum Gasteiger partial charge on any atom is 0.407 e. The van der Waals surface area contributed by atoms with Gasteiger partial charge in [0.2, 0.25) is 0 Å². The molecular formula is C32H46N2O8S2. The summed E-state index contributed by atoms with van der Waals surface area (Å²) in [4.78, 5) is 26.1. The summed E-state index contributed by atoms with van der Waals surface area (Å²) in [5, 5.41) is 5.71. The number of amides is 2. The van der Waals surface area contributed by atoms with Crippen molar-refractivity contribution in [3.63, 3.8) is 0 Å². The Kier molecular flexibility index (Phi) is 10.5. The maximum atomic E-state index is 12.9. The van der Waals surface area contributed by atoms with Gasteiger partial charge >= 0.3 is 12.2 Å². The number of sulfone groups is 2. The van der Waals surface area contributed by atoms with Crippen LogP contribution in [0.5, 0.6) is 0 Å². The first-order chi connectivity index (χ1) is 20.1. The molecule has 1 fully saturated rings. The van der Waals surface area contributed by atoms with Crippen LogP contribution in [0.1, 0.15) is 67.7 Å². The highest BCUT2D eigenvalue weighted by Gasteiger charge is 2.43. The molecule has 2 aromatic carbocycles. The lowest BCUT2D eigenvalue weighted by atomic mass is 9.62. The van der Waals surface area contributed by atoms with Crippen molar-refractivity contribution in [3.8, 4) is 0 Å². The molecule has 0 bridgehead atoms. The molecule has 1 aliphatic carbocycles. The summed E-state index contributed by atoms with van der Waals surface area (Å²) in [6.07, 6.45) is 0.501. The Labute approximate surface area is 262 Å². The number of alkyl carbamates (subject to hydrolysis) is 2. The molecule has 3 rings (SSSR count). The smallest absolute Gasteiger partial charge is 0.407 e. The van der Waals surface area contributed by atoms with E-state index < -0.39 is 48.5 Å². The van der Waals surface area contributed by atoms with E-state index in [1.54, 1.807) is 64.1 Å². The number of nitrogens with one attached hydrogen (secondary N) is 2. The number of ether oxygens (including phenoxy) is 2. The topological polar surface area (TPSA) is 145 Å². The minimum Gasteiger partial charge on any atom is -0.442 e. The summed E-state index contributed by atoms with van der Waals surface area (Å²) in [6.45, 7) is 12.6. The quantitative estimate of drug-likeness (QED) is 0.323. The lowest BCUT2D eigenvalue weighted by molar-refractivity contribution is 0.0299. The van der Waals surface area contributed by atoms with E-state index in [0.29, 0.717) is 12.8 Å². The van der Waals surface area contributed by atoms with Crippen molar-refractivity contribution in [3.05, 3.63) is 60.7 Å². The Bertz CT molecular complexity index is 1520. The average Bonchev–Trinajstić information content (AvgIpc) is 2.85. The van der Waals surface area contributed by atoms with Crippen LogP contribution in [0.25, 0.3) is 0 Å². The molecule has 2 aromatic rings. The van der Waals surface area contributed by atoms with Crippen LogP contribution in [-0.4, -0.2) is 64.3 Å². The van der Waals surface area contributed by atoms with Gasteiger partial charge in [-0.25, -0.2) is 26.4 Å². The van der Waals surface area contributed by atoms with Gasteiger partial charge in [0.25, 0.3) is 0 Å². The predicted octanol–water partition coefficient (Wildman–Crippen LogP) is 5.53. The normalized spacial score (nSPS) is 20.8. The number of rotatable bonds is 11. The van der Waals surface area contributed by atoms with Crippen LogP contribution in [0.15, 0.2) is 70.5 Å². The first-order valence-corrected chi connectivity index (χ1v) is 17.9. The van der Waals surface area contributed by atoms with Crippen LogP contribution >= 0.6 is 0 Å². The molecule has 0 saturated heterocycles. The summed E-state index contributed by atoms with van der Waals surface area (Å²) in [7, 11) is -7.35. The molecule has 0 radical (unpaired) electrons. The Morgan fingerprint density at radius 3 is 1.64 bits per heavy atom. The third-order valence-electron chi connectivity index (χ3n) is 7.44. The van der Waals surface area contributed by atoms with E-state index in [1.807, 2.05) is 6.92 Å². The fraction of sp³-hybridized carbons (Fsp3) is 0.562. The highest BCUT2D eigenvalue weighted by molar-refractivity contribution is 7.91. The molecule has 2 atom stereocenters. The molecule has 2 unspecified atom stereocenters. The standard InChI is InChI=1S/C32H46N2O8S2/c1-29(2)18-24(34-28(36)42-31(5,6)23-44(39,40)26-16-12-9-13-17-26)19-32(7,20-29)21-33-27(35)41-30(3,4)22-43(37,38)25-14-10-8-11-15-25/h8-17,24H,18-23H2,1-7H3,(H,33,35)(H,34,36). The molecule has 0 spiro atoms. The maximum absolute atomic E-state index is 12.9. The minimum atomic E-state index is -3.68. The summed E-state index contributed by atoms with van der Waals surface area (Å²) in [6, 6.07) is 15.7. The van der Waals surface area contributed by atoms with Gasteiger partial charge < -0.3 is 20.1 Å². The second kappa shape index (κ2) is 13.1. The molecule has 244 valence electrons. The molecule has 1 saturated carbocycles. The summed E-state index contributed by atoms with van der Waals surface area (Å²) < 4.78 is 62.5. The molecular weight excluding hydrogens is 604 g/mol. The molecule has 2 amide bonds. The Balaban J connectivity index is 1.58. The second-order valence-corrected chi connectivity index (χ2v) is 18.2. The predicted molar refractivity (Wildman–Crippen MR) is 169 cm³/mol.